The molecule has 31 heavy (non-hydrogen) atoms. The number of halogens is 3. The summed E-state index contributed by atoms with van der Waals surface area (Å²) in [5, 5.41) is 2.60. The van der Waals surface area contributed by atoms with Gasteiger partial charge in [0.15, 0.2) is 0 Å². The number of benzene rings is 1. The zero-order valence-electron chi connectivity index (χ0n) is 17.7. The van der Waals surface area contributed by atoms with E-state index in [9.17, 15) is 18.0 Å². The van der Waals surface area contributed by atoms with Gasteiger partial charge in [0.05, 0.1) is 25.9 Å². The molecule has 1 amide bonds. The Morgan fingerprint density at radius 1 is 1.32 bits per heavy atom. The number of carbonyl (C=O) groups excluding carboxylic acids is 1. The van der Waals surface area contributed by atoms with Crippen molar-refractivity contribution in [3.8, 4) is 5.75 Å². The molecular formula is C23H29F3N2O3. The number of nitrogens with one attached hydrogen (secondary N) is 1. The predicted molar refractivity (Wildman–Crippen MR) is 108 cm³/mol. The van der Waals surface area contributed by atoms with Crippen molar-refractivity contribution in [1.82, 2.24) is 10.2 Å². The number of likely N-dealkylation sites (tertiary alicyclic amines) is 1. The van der Waals surface area contributed by atoms with Gasteiger partial charge in [0.25, 0.3) is 0 Å². The van der Waals surface area contributed by atoms with Crippen LogP contribution in [0.25, 0.3) is 0 Å². The fourth-order valence-electron chi connectivity index (χ4n) is 5.86. The maximum absolute atomic E-state index is 12.6. The number of carbonyl (C=O) groups is 1. The third-order valence-electron chi connectivity index (χ3n) is 7.31. The first-order valence-electron chi connectivity index (χ1n) is 11.2. The molecule has 3 unspecified atom stereocenters. The van der Waals surface area contributed by atoms with Crippen molar-refractivity contribution in [2.24, 2.45) is 11.8 Å². The molecule has 3 fully saturated rings. The molecule has 1 saturated carbocycles. The largest absolute Gasteiger partial charge is 0.497 e. The maximum atomic E-state index is 12.6. The molecular weight excluding hydrogens is 409 g/mol. The number of rotatable bonds is 5. The second-order valence-electron chi connectivity index (χ2n) is 9.61. The molecule has 0 spiro atoms. The SMILES string of the molecule is COc1ccc2c(c1)[C@@H]1C3CC(NC(=O)CC(F)(F)F)COC1[C@@H](C2)N(CC1CC1)C3. The molecule has 2 heterocycles. The summed E-state index contributed by atoms with van der Waals surface area (Å²) in [6.07, 6.45) is -1.89. The van der Waals surface area contributed by atoms with Gasteiger partial charge in [-0.25, -0.2) is 0 Å². The molecule has 0 aromatic heterocycles. The van der Waals surface area contributed by atoms with Crippen LogP contribution in [0.5, 0.6) is 5.75 Å². The van der Waals surface area contributed by atoms with Gasteiger partial charge in [0, 0.05) is 25.0 Å². The van der Waals surface area contributed by atoms with Gasteiger partial charge in [0.1, 0.15) is 12.2 Å². The number of methoxy groups -OCH3 is 1. The van der Waals surface area contributed by atoms with E-state index in [0.717, 1.165) is 31.2 Å². The van der Waals surface area contributed by atoms with Crippen molar-refractivity contribution in [2.75, 3.05) is 26.8 Å². The Balaban J connectivity index is 1.41. The highest BCUT2D eigenvalue weighted by Crippen LogP contribution is 2.49. The highest BCUT2D eigenvalue weighted by atomic mass is 19.4. The molecule has 4 bridgehead atoms. The van der Waals surface area contributed by atoms with Crippen molar-refractivity contribution in [1.29, 1.82) is 0 Å². The molecule has 1 N–H and O–H groups in total. The quantitative estimate of drug-likeness (QED) is 0.767. The smallest absolute Gasteiger partial charge is 0.397 e. The van der Waals surface area contributed by atoms with Crippen LogP contribution in [0, 0.1) is 11.8 Å². The number of nitrogens with zero attached hydrogens (tertiary/aromatic N) is 1. The molecule has 5 atom stereocenters. The summed E-state index contributed by atoms with van der Waals surface area (Å²) in [7, 11) is 1.65. The Hall–Kier alpha value is -1.80. The third-order valence-corrected chi connectivity index (χ3v) is 7.31. The van der Waals surface area contributed by atoms with Crippen LogP contribution >= 0.6 is 0 Å². The van der Waals surface area contributed by atoms with Crippen LogP contribution in [0.4, 0.5) is 13.2 Å². The van der Waals surface area contributed by atoms with E-state index in [1.807, 2.05) is 6.07 Å². The van der Waals surface area contributed by atoms with Crippen molar-refractivity contribution in [3.63, 3.8) is 0 Å². The zero-order chi connectivity index (χ0) is 21.8. The van der Waals surface area contributed by atoms with Gasteiger partial charge in [-0.1, -0.05) is 6.07 Å². The lowest BCUT2D eigenvalue weighted by atomic mass is 9.67. The highest BCUT2D eigenvalue weighted by Gasteiger charge is 2.51. The minimum absolute atomic E-state index is 0.0124. The Morgan fingerprint density at radius 2 is 2.13 bits per heavy atom. The van der Waals surface area contributed by atoms with Crippen LogP contribution in [0.1, 0.15) is 42.7 Å². The molecule has 5 rings (SSSR count). The number of ether oxygens (including phenoxy) is 2. The summed E-state index contributed by atoms with van der Waals surface area (Å²) in [6, 6.07) is 6.10. The topological polar surface area (TPSA) is 50.8 Å². The number of hydrogen-bond acceptors (Lipinski definition) is 4. The molecule has 1 aromatic rings. The van der Waals surface area contributed by atoms with E-state index < -0.39 is 24.5 Å². The fourth-order valence-corrected chi connectivity index (χ4v) is 5.86. The summed E-state index contributed by atoms with van der Waals surface area (Å²) in [5.41, 5.74) is 2.54. The predicted octanol–water partition coefficient (Wildman–Crippen LogP) is 3.27. The van der Waals surface area contributed by atoms with E-state index in [2.05, 4.69) is 22.3 Å². The van der Waals surface area contributed by atoms with E-state index in [4.69, 9.17) is 9.47 Å². The zero-order valence-corrected chi connectivity index (χ0v) is 17.7. The van der Waals surface area contributed by atoms with Crippen molar-refractivity contribution in [2.45, 2.75) is 62.4 Å². The minimum atomic E-state index is -4.50. The molecule has 0 radical (unpaired) electrons. The fraction of sp³-hybridized carbons (Fsp3) is 0.696. The standard InChI is InChI=1S/C23H29F3N2O3/c1-30-17-5-4-14-7-19-22-21(18(14)8-17)15(11-28(19)10-13-2-3-13)6-16(12-31-22)27-20(29)9-23(24,25)26/h4-5,8,13,15-16,19,21-22H,2-3,6-7,9-12H2,1H3,(H,27,29)/t15?,16?,19-,21+,22?/m1/s1. The number of amides is 1. The minimum Gasteiger partial charge on any atom is -0.497 e. The average Bonchev–Trinajstić information content (AvgIpc) is 3.51. The lowest BCUT2D eigenvalue weighted by Crippen LogP contribution is -2.59. The molecule has 2 aliphatic carbocycles. The van der Waals surface area contributed by atoms with E-state index in [0.29, 0.717) is 6.42 Å². The average molecular weight is 438 g/mol. The van der Waals surface area contributed by atoms with Crippen LogP contribution in [0.3, 0.4) is 0 Å². The van der Waals surface area contributed by atoms with Gasteiger partial charge in [-0.2, -0.15) is 13.2 Å². The van der Waals surface area contributed by atoms with Crippen molar-refractivity contribution in [3.05, 3.63) is 29.3 Å². The van der Waals surface area contributed by atoms with Crippen molar-refractivity contribution < 1.29 is 27.4 Å². The molecule has 4 aliphatic rings. The van der Waals surface area contributed by atoms with Gasteiger partial charge in [0.2, 0.25) is 5.91 Å². The first-order chi connectivity index (χ1) is 14.8. The van der Waals surface area contributed by atoms with Crippen LogP contribution in [0.2, 0.25) is 0 Å². The molecule has 2 saturated heterocycles. The maximum Gasteiger partial charge on any atom is 0.397 e. The number of piperidine rings is 1. The van der Waals surface area contributed by atoms with Crippen LogP contribution < -0.4 is 10.1 Å². The second-order valence-corrected chi connectivity index (χ2v) is 9.61. The van der Waals surface area contributed by atoms with Crippen molar-refractivity contribution >= 4 is 5.91 Å². The molecule has 170 valence electrons. The lowest BCUT2D eigenvalue weighted by molar-refractivity contribution is -0.154. The van der Waals surface area contributed by atoms with Gasteiger partial charge < -0.3 is 14.8 Å². The summed E-state index contributed by atoms with van der Waals surface area (Å²) < 4.78 is 49.7. The number of alkyl halides is 3. The number of fused-ring (bicyclic) bond motifs is 1. The molecule has 5 nitrogen and oxygen atoms in total. The van der Waals surface area contributed by atoms with Gasteiger partial charge >= 0.3 is 6.18 Å². The molecule has 8 heteroatoms. The second kappa shape index (κ2) is 7.96. The van der Waals surface area contributed by atoms with Crippen LogP contribution in [-0.4, -0.2) is 62.0 Å². The van der Waals surface area contributed by atoms with E-state index in [-0.39, 0.29) is 30.6 Å². The monoisotopic (exact) mass is 438 g/mol. The van der Waals surface area contributed by atoms with Crippen LogP contribution in [0.15, 0.2) is 18.2 Å². The Morgan fingerprint density at radius 3 is 2.84 bits per heavy atom. The van der Waals surface area contributed by atoms with E-state index >= 15 is 0 Å². The van der Waals surface area contributed by atoms with Gasteiger partial charge in [-0.3, -0.25) is 9.69 Å². The van der Waals surface area contributed by atoms with Gasteiger partial charge in [-0.05, 0) is 60.8 Å². The molecule has 2 aliphatic heterocycles. The number of hydrogen-bond donors (Lipinski definition) is 1. The van der Waals surface area contributed by atoms with Crippen LogP contribution in [-0.2, 0) is 16.0 Å². The van der Waals surface area contributed by atoms with E-state index in [1.165, 1.54) is 24.0 Å². The summed E-state index contributed by atoms with van der Waals surface area (Å²) in [4.78, 5) is 14.5. The summed E-state index contributed by atoms with van der Waals surface area (Å²) >= 11 is 0. The Bertz CT molecular complexity index is 842. The van der Waals surface area contributed by atoms with Gasteiger partial charge in [-0.15, -0.1) is 0 Å². The Kier molecular flexibility index (Phi) is 5.41. The first-order valence-corrected chi connectivity index (χ1v) is 11.2. The lowest BCUT2D eigenvalue weighted by Gasteiger charge is -2.52. The molecule has 1 aromatic carbocycles. The summed E-state index contributed by atoms with van der Waals surface area (Å²) in [5.74, 6) is 0.966. The normalized spacial score (nSPS) is 32.7. The van der Waals surface area contributed by atoms with E-state index in [1.54, 1.807) is 7.11 Å². The first kappa shape index (κ1) is 21.1. The highest BCUT2D eigenvalue weighted by molar-refractivity contribution is 5.76. The third kappa shape index (κ3) is 4.42. The Labute approximate surface area is 180 Å². The summed E-state index contributed by atoms with van der Waals surface area (Å²) in [6.45, 7) is 2.21.